The van der Waals surface area contributed by atoms with E-state index in [0.717, 1.165) is 16.8 Å². The number of ether oxygens (including phenoxy) is 2. The van der Waals surface area contributed by atoms with E-state index in [0.29, 0.717) is 55.0 Å². The molecule has 0 saturated carbocycles. The van der Waals surface area contributed by atoms with Crippen LogP contribution in [-0.2, 0) is 20.7 Å². The van der Waals surface area contributed by atoms with E-state index < -0.39 is 12.0 Å². The largest absolute Gasteiger partial charge is 0.494 e. The summed E-state index contributed by atoms with van der Waals surface area (Å²) in [6.07, 6.45) is 1.47. The number of carbonyl (C=O) groups excluding carboxylic acids is 3. The van der Waals surface area contributed by atoms with Crippen molar-refractivity contribution < 1.29 is 23.9 Å². The molecule has 7 heteroatoms. The van der Waals surface area contributed by atoms with Crippen molar-refractivity contribution in [3.63, 3.8) is 0 Å². The standard InChI is InChI=1S/C36H38N2O5/c1-4-34(39)38(33-18-11-8-13-26(33)2)23-12-24-43-29-21-19-27(20-22-29)25-32(36(41)42-3)37-31-17-10-9-16-30(31)35(40)28-14-6-5-7-15-28/h5-11,13-22,32,37H,4,12,23-25H2,1-3H3. The number of amides is 1. The molecule has 0 aliphatic carbocycles. The Balaban J connectivity index is 1.37. The summed E-state index contributed by atoms with van der Waals surface area (Å²) < 4.78 is 11.0. The van der Waals surface area contributed by atoms with Crippen molar-refractivity contribution in [3.8, 4) is 5.75 Å². The number of benzene rings is 4. The third-order valence-electron chi connectivity index (χ3n) is 7.19. The molecule has 0 bridgehead atoms. The fourth-order valence-corrected chi connectivity index (χ4v) is 4.88. The number of nitrogens with zero attached hydrogens (tertiary/aromatic N) is 1. The maximum absolute atomic E-state index is 13.2. The van der Waals surface area contributed by atoms with Crippen molar-refractivity contribution in [1.82, 2.24) is 0 Å². The first-order valence-electron chi connectivity index (χ1n) is 14.5. The molecule has 222 valence electrons. The smallest absolute Gasteiger partial charge is 0.328 e. The number of ketones is 1. The minimum atomic E-state index is -0.704. The molecule has 0 aromatic heterocycles. The van der Waals surface area contributed by atoms with E-state index in [2.05, 4.69) is 5.32 Å². The number of para-hydroxylation sites is 2. The molecule has 0 aliphatic heterocycles. The molecular weight excluding hydrogens is 540 g/mol. The lowest BCUT2D eigenvalue weighted by molar-refractivity contribution is -0.141. The van der Waals surface area contributed by atoms with Crippen LogP contribution < -0.4 is 15.0 Å². The van der Waals surface area contributed by atoms with E-state index in [-0.39, 0.29) is 11.7 Å². The summed E-state index contributed by atoms with van der Waals surface area (Å²) in [7, 11) is 1.35. The van der Waals surface area contributed by atoms with Gasteiger partial charge in [-0.2, -0.15) is 0 Å². The van der Waals surface area contributed by atoms with Crippen LogP contribution in [0.4, 0.5) is 11.4 Å². The second-order valence-electron chi connectivity index (χ2n) is 10.2. The number of aryl methyl sites for hydroxylation is 1. The van der Waals surface area contributed by atoms with Crippen molar-refractivity contribution in [2.75, 3.05) is 30.5 Å². The fraction of sp³-hybridized carbons (Fsp3) is 0.250. The molecule has 0 radical (unpaired) electrons. The minimum absolute atomic E-state index is 0.0828. The van der Waals surface area contributed by atoms with Gasteiger partial charge in [-0.25, -0.2) is 4.79 Å². The Morgan fingerprint density at radius 1 is 0.837 bits per heavy atom. The van der Waals surface area contributed by atoms with E-state index in [1.807, 2.05) is 91.5 Å². The summed E-state index contributed by atoms with van der Waals surface area (Å²) in [6.45, 7) is 4.90. The summed E-state index contributed by atoms with van der Waals surface area (Å²) >= 11 is 0. The van der Waals surface area contributed by atoms with Gasteiger partial charge in [-0.3, -0.25) is 9.59 Å². The first kappa shape index (κ1) is 31.0. The van der Waals surface area contributed by atoms with Crippen LogP contribution in [0.1, 0.15) is 46.8 Å². The Hall–Kier alpha value is -4.91. The Labute approximate surface area is 253 Å². The van der Waals surface area contributed by atoms with Gasteiger partial charge in [-0.1, -0.05) is 79.7 Å². The Kier molecular flexibility index (Phi) is 11.1. The minimum Gasteiger partial charge on any atom is -0.494 e. The van der Waals surface area contributed by atoms with Crippen LogP contribution in [0.15, 0.2) is 103 Å². The van der Waals surface area contributed by atoms with E-state index >= 15 is 0 Å². The molecule has 1 amide bonds. The molecule has 0 heterocycles. The summed E-state index contributed by atoms with van der Waals surface area (Å²) in [5, 5.41) is 3.24. The predicted octanol–water partition coefficient (Wildman–Crippen LogP) is 6.63. The van der Waals surface area contributed by atoms with Crippen molar-refractivity contribution in [2.45, 2.75) is 39.2 Å². The number of hydrogen-bond donors (Lipinski definition) is 1. The topological polar surface area (TPSA) is 84.9 Å². The van der Waals surface area contributed by atoms with Gasteiger partial charge < -0.3 is 19.7 Å². The number of hydrogen-bond acceptors (Lipinski definition) is 6. The van der Waals surface area contributed by atoms with Crippen LogP contribution in [0, 0.1) is 6.92 Å². The second kappa shape index (κ2) is 15.4. The third-order valence-corrected chi connectivity index (χ3v) is 7.19. The first-order chi connectivity index (χ1) is 20.9. The molecule has 43 heavy (non-hydrogen) atoms. The monoisotopic (exact) mass is 578 g/mol. The fourth-order valence-electron chi connectivity index (χ4n) is 4.88. The molecule has 1 N–H and O–H groups in total. The van der Waals surface area contributed by atoms with Gasteiger partial charge >= 0.3 is 5.97 Å². The summed E-state index contributed by atoms with van der Waals surface area (Å²) in [4.78, 5) is 40.3. The maximum Gasteiger partial charge on any atom is 0.328 e. The number of carbonyl (C=O) groups is 3. The number of esters is 1. The van der Waals surface area contributed by atoms with Crippen LogP contribution in [0.3, 0.4) is 0 Å². The third kappa shape index (κ3) is 8.32. The van der Waals surface area contributed by atoms with Crippen LogP contribution in [-0.4, -0.2) is 44.0 Å². The average molecular weight is 579 g/mol. The number of methoxy groups -OCH3 is 1. The molecule has 4 aromatic carbocycles. The lowest BCUT2D eigenvalue weighted by atomic mass is 10.00. The van der Waals surface area contributed by atoms with Crippen LogP contribution >= 0.6 is 0 Å². The van der Waals surface area contributed by atoms with E-state index in [1.54, 1.807) is 30.3 Å². The average Bonchev–Trinajstić information content (AvgIpc) is 3.05. The van der Waals surface area contributed by atoms with Crippen molar-refractivity contribution in [3.05, 3.63) is 125 Å². The zero-order valence-corrected chi connectivity index (χ0v) is 24.9. The lowest BCUT2D eigenvalue weighted by Gasteiger charge is -2.24. The van der Waals surface area contributed by atoms with Gasteiger partial charge in [0.25, 0.3) is 0 Å². The zero-order valence-electron chi connectivity index (χ0n) is 24.9. The molecule has 1 atom stereocenters. The predicted molar refractivity (Wildman–Crippen MR) is 170 cm³/mol. The molecular formula is C36H38N2O5. The quantitative estimate of drug-likeness (QED) is 0.103. The molecule has 7 nitrogen and oxygen atoms in total. The highest BCUT2D eigenvalue weighted by atomic mass is 16.5. The van der Waals surface area contributed by atoms with Gasteiger partial charge in [0.05, 0.1) is 13.7 Å². The van der Waals surface area contributed by atoms with Gasteiger partial charge in [-0.15, -0.1) is 0 Å². The van der Waals surface area contributed by atoms with E-state index in [1.165, 1.54) is 7.11 Å². The first-order valence-corrected chi connectivity index (χ1v) is 14.5. The van der Waals surface area contributed by atoms with Gasteiger partial charge in [0.2, 0.25) is 5.91 Å². The molecule has 1 unspecified atom stereocenters. The Bertz CT molecular complexity index is 1520. The normalized spacial score (nSPS) is 11.3. The molecule has 0 aliphatic rings. The van der Waals surface area contributed by atoms with Gasteiger partial charge in [0, 0.05) is 41.9 Å². The van der Waals surface area contributed by atoms with Gasteiger partial charge in [0.15, 0.2) is 5.78 Å². The van der Waals surface area contributed by atoms with Crippen molar-refractivity contribution >= 4 is 29.0 Å². The van der Waals surface area contributed by atoms with Gasteiger partial charge in [-0.05, 0) is 54.8 Å². The maximum atomic E-state index is 13.2. The SMILES string of the molecule is CCC(=O)N(CCCOc1ccc(CC(Nc2ccccc2C(=O)c2ccccc2)C(=O)OC)cc1)c1ccccc1C. The van der Waals surface area contributed by atoms with Crippen LogP contribution in [0.25, 0.3) is 0 Å². The molecule has 0 fully saturated rings. The summed E-state index contributed by atoms with van der Waals surface area (Å²) in [5.74, 6) is 0.228. The molecule has 0 spiro atoms. The summed E-state index contributed by atoms with van der Waals surface area (Å²) in [6, 6.07) is 30.9. The highest BCUT2D eigenvalue weighted by Crippen LogP contribution is 2.23. The van der Waals surface area contributed by atoms with Crippen molar-refractivity contribution in [1.29, 1.82) is 0 Å². The lowest BCUT2D eigenvalue weighted by Crippen LogP contribution is -2.33. The van der Waals surface area contributed by atoms with Crippen molar-refractivity contribution in [2.24, 2.45) is 0 Å². The Morgan fingerprint density at radius 2 is 1.51 bits per heavy atom. The molecule has 4 aromatic rings. The molecule has 4 rings (SSSR count). The number of anilines is 2. The van der Waals surface area contributed by atoms with E-state index in [4.69, 9.17) is 9.47 Å². The molecule has 0 saturated heterocycles. The van der Waals surface area contributed by atoms with E-state index in [9.17, 15) is 14.4 Å². The van der Waals surface area contributed by atoms with Crippen LogP contribution in [0.2, 0.25) is 0 Å². The second-order valence-corrected chi connectivity index (χ2v) is 10.2. The highest BCUT2D eigenvalue weighted by Gasteiger charge is 2.23. The highest BCUT2D eigenvalue weighted by molar-refractivity contribution is 6.12. The zero-order chi connectivity index (χ0) is 30.6. The summed E-state index contributed by atoms with van der Waals surface area (Å²) in [5.41, 5.74) is 4.51. The van der Waals surface area contributed by atoms with Crippen LogP contribution in [0.5, 0.6) is 5.75 Å². The van der Waals surface area contributed by atoms with Gasteiger partial charge in [0.1, 0.15) is 11.8 Å². The Morgan fingerprint density at radius 3 is 2.21 bits per heavy atom. The number of rotatable bonds is 14. The number of nitrogens with one attached hydrogen (secondary N) is 1.